The van der Waals surface area contributed by atoms with E-state index in [1.807, 2.05) is 13.8 Å². The molecule has 4 aliphatic rings. The van der Waals surface area contributed by atoms with E-state index >= 15 is 0 Å². The largest absolute Gasteiger partial charge is 0.353 e. The zero-order valence-electron chi connectivity index (χ0n) is 15.8. The maximum atomic E-state index is 13.1. The van der Waals surface area contributed by atoms with Crippen LogP contribution in [0.15, 0.2) is 0 Å². The number of amides is 1. The van der Waals surface area contributed by atoms with E-state index in [1.54, 1.807) is 0 Å². The average molecular weight is 359 g/mol. The Balaban J connectivity index is 1.56. The van der Waals surface area contributed by atoms with Crippen LogP contribution in [0, 0.1) is 28.6 Å². The smallest absolute Gasteiger partial charge is 0.220 e. The van der Waals surface area contributed by atoms with Crippen molar-refractivity contribution in [2.45, 2.75) is 77.7 Å². The molecule has 0 aromatic carbocycles. The summed E-state index contributed by atoms with van der Waals surface area (Å²) < 4.78 is 0. The Morgan fingerprint density at radius 1 is 1.04 bits per heavy atom. The van der Waals surface area contributed by atoms with Crippen LogP contribution < -0.4 is 5.32 Å². The molecule has 0 radical (unpaired) electrons. The lowest BCUT2D eigenvalue weighted by molar-refractivity contribution is -0.160. The summed E-state index contributed by atoms with van der Waals surface area (Å²) in [6.45, 7) is 3.85. The van der Waals surface area contributed by atoms with E-state index in [1.165, 1.54) is 0 Å². The lowest BCUT2D eigenvalue weighted by atomic mass is 9.48. The second kappa shape index (κ2) is 6.00. The number of fused-ring (bicyclic) bond motifs is 3. The van der Waals surface area contributed by atoms with Crippen LogP contribution in [-0.2, 0) is 19.2 Å². The first kappa shape index (κ1) is 17.9. The fourth-order valence-electron chi connectivity index (χ4n) is 6.10. The van der Waals surface area contributed by atoms with Gasteiger partial charge in [-0.3, -0.25) is 19.2 Å². The highest BCUT2D eigenvalue weighted by Gasteiger charge is 2.62. The van der Waals surface area contributed by atoms with Gasteiger partial charge in [0, 0.05) is 48.5 Å². The number of carbonyl (C=O) groups excluding carboxylic acids is 4. The Morgan fingerprint density at radius 2 is 1.73 bits per heavy atom. The summed E-state index contributed by atoms with van der Waals surface area (Å²) in [4.78, 5) is 50.5. The van der Waals surface area contributed by atoms with Crippen LogP contribution in [0.25, 0.3) is 0 Å². The van der Waals surface area contributed by atoms with E-state index in [0.29, 0.717) is 38.1 Å². The molecule has 26 heavy (non-hydrogen) atoms. The maximum absolute atomic E-state index is 13.1. The van der Waals surface area contributed by atoms with Gasteiger partial charge in [-0.05, 0) is 43.9 Å². The molecule has 4 fully saturated rings. The monoisotopic (exact) mass is 359 g/mol. The summed E-state index contributed by atoms with van der Waals surface area (Å²) in [5, 5.41) is 2.98. The lowest BCUT2D eigenvalue weighted by Crippen LogP contribution is -2.56. The molecule has 0 saturated heterocycles. The van der Waals surface area contributed by atoms with Gasteiger partial charge in [0.05, 0.1) is 0 Å². The number of hydrogen-bond acceptors (Lipinski definition) is 4. The SMILES string of the molecule is CC12CC(=O)C3C(CCC(=O)[C@]3(C)CCC(=O)NC3CC3)C1CCC2=O. The molecule has 5 heteroatoms. The fourth-order valence-corrected chi connectivity index (χ4v) is 6.10. The summed E-state index contributed by atoms with van der Waals surface area (Å²) >= 11 is 0. The normalized spacial score (nSPS) is 42.4. The van der Waals surface area contributed by atoms with E-state index in [4.69, 9.17) is 0 Å². The third kappa shape index (κ3) is 2.66. The standard InChI is InChI=1S/C21H29NO4/c1-20(10-9-18(26)22-12-3-4-12)16(24)7-5-13-14-6-8-17(25)21(14,2)11-15(23)19(13)20/h12-14,19H,3-11H2,1-2H3,(H,22,26)/t13?,14?,19?,20-,21?/m0/s1. The molecular weight excluding hydrogens is 330 g/mol. The Hall–Kier alpha value is -1.52. The Labute approximate surface area is 154 Å². The Kier molecular flexibility index (Phi) is 4.12. The van der Waals surface area contributed by atoms with Crippen LogP contribution in [0.4, 0.5) is 0 Å². The van der Waals surface area contributed by atoms with Crippen LogP contribution in [0.5, 0.6) is 0 Å². The van der Waals surface area contributed by atoms with Crippen molar-refractivity contribution < 1.29 is 19.2 Å². The summed E-state index contributed by atoms with van der Waals surface area (Å²) in [5.74, 6) is 0.416. The molecule has 1 amide bonds. The molecule has 142 valence electrons. The molecule has 0 bridgehead atoms. The van der Waals surface area contributed by atoms with Crippen molar-refractivity contribution in [3.8, 4) is 0 Å². The number of ketones is 3. The van der Waals surface area contributed by atoms with Crippen molar-refractivity contribution in [3.05, 3.63) is 0 Å². The summed E-state index contributed by atoms with van der Waals surface area (Å²) in [6, 6.07) is 0.312. The van der Waals surface area contributed by atoms with Gasteiger partial charge in [-0.25, -0.2) is 0 Å². The zero-order chi connectivity index (χ0) is 18.7. The van der Waals surface area contributed by atoms with Crippen molar-refractivity contribution >= 4 is 23.3 Å². The number of nitrogens with one attached hydrogen (secondary N) is 1. The highest BCUT2D eigenvalue weighted by molar-refractivity contribution is 5.99. The van der Waals surface area contributed by atoms with Gasteiger partial charge >= 0.3 is 0 Å². The molecule has 0 heterocycles. The quantitative estimate of drug-likeness (QED) is 0.837. The molecule has 4 saturated carbocycles. The van der Waals surface area contributed by atoms with Crippen molar-refractivity contribution in [1.29, 1.82) is 0 Å². The molecule has 1 N–H and O–H groups in total. The molecule has 0 spiro atoms. The number of Topliss-reactive ketones (excluding diaryl/α,β-unsaturated/α-hetero) is 3. The highest BCUT2D eigenvalue weighted by Crippen LogP contribution is 2.60. The first-order valence-corrected chi connectivity index (χ1v) is 10.1. The van der Waals surface area contributed by atoms with Crippen molar-refractivity contribution in [2.75, 3.05) is 0 Å². The molecule has 0 aromatic rings. The molecule has 0 aliphatic heterocycles. The average Bonchev–Trinajstić information content (AvgIpc) is 3.34. The van der Waals surface area contributed by atoms with Gasteiger partial charge in [0.15, 0.2) is 0 Å². The predicted molar refractivity (Wildman–Crippen MR) is 95.2 cm³/mol. The van der Waals surface area contributed by atoms with E-state index in [2.05, 4.69) is 5.32 Å². The number of carbonyl (C=O) groups is 4. The minimum Gasteiger partial charge on any atom is -0.353 e. The fraction of sp³-hybridized carbons (Fsp3) is 0.810. The molecule has 4 rings (SSSR count). The van der Waals surface area contributed by atoms with E-state index in [-0.39, 0.29) is 47.4 Å². The number of rotatable bonds is 4. The minimum atomic E-state index is -0.756. The molecule has 0 aromatic heterocycles. The molecular formula is C21H29NO4. The minimum absolute atomic E-state index is 0.00668. The molecule has 4 aliphatic carbocycles. The third-order valence-electron chi connectivity index (χ3n) is 7.81. The lowest BCUT2D eigenvalue weighted by Gasteiger charge is -2.52. The predicted octanol–water partition coefficient (Wildman–Crippen LogP) is 2.61. The molecule has 4 unspecified atom stereocenters. The first-order chi connectivity index (χ1) is 12.3. The molecule has 5 atom stereocenters. The van der Waals surface area contributed by atoms with Crippen molar-refractivity contribution in [1.82, 2.24) is 5.32 Å². The second-order valence-electron chi connectivity index (χ2n) is 9.49. The summed E-state index contributed by atoms with van der Waals surface area (Å²) in [5.41, 5.74) is -1.28. The van der Waals surface area contributed by atoms with E-state index < -0.39 is 10.8 Å². The van der Waals surface area contributed by atoms with Crippen LogP contribution in [0.3, 0.4) is 0 Å². The van der Waals surface area contributed by atoms with Crippen LogP contribution in [0.1, 0.15) is 71.6 Å². The van der Waals surface area contributed by atoms with Crippen molar-refractivity contribution in [2.24, 2.45) is 28.6 Å². The molecule has 5 nitrogen and oxygen atoms in total. The van der Waals surface area contributed by atoms with Crippen LogP contribution in [0.2, 0.25) is 0 Å². The van der Waals surface area contributed by atoms with Crippen LogP contribution >= 0.6 is 0 Å². The van der Waals surface area contributed by atoms with E-state index in [9.17, 15) is 19.2 Å². The van der Waals surface area contributed by atoms with Gasteiger partial charge < -0.3 is 5.32 Å². The van der Waals surface area contributed by atoms with E-state index in [0.717, 1.165) is 19.3 Å². The summed E-state index contributed by atoms with van der Waals surface area (Å²) in [6.07, 6.45) is 5.68. The van der Waals surface area contributed by atoms with Crippen molar-refractivity contribution in [3.63, 3.8) is 0 Å². The van der Waals surface area contributed by atoms with Gasteiger partial charge in [0.2, 0.25) is 5.91 Å². The summed E-state index contributed by atoms with van der Waals surface area (Å²) in [7, 11) is 0. The topological polar surface area (TPSA) is 80.3 Å². The van der Waals surface area contributed by atoms with Gasteiger partial charge in [0.1, 0.15) is 17.3 Å². The second-order valence-corrected chi connectivity index (χ2v) is 9.49. The van der Waals surface area contributed by atoms with Gasteiger partial charge in [0.25, 0.3) is 0 Å². The maximum Gasteiger partial charge on any atom is 0.220 e. The van der Waals surface area contributed by atoms with Gasteiger partial charge in [-0.1, -0.05) is 13.8 Å². The number of hydrogen-bond donors (Lipinski definition) is 1. The van der Waals surface area contributed by atoms with Gasteiger partial charge in [-0.15, -0.1) is 0 Å². The third-order valence-corrected chi connectivity index (χ3v) is 7.81. The first-order valence-electron chi connectivity index (χ1n) is 10.1. The van der Waals surface area contributed by atoms with Gasteiger partial charge in [-0.2, -0.15) is 0 Å². The Morgan fingerprint density at radius 3 is 2.42 bits per heavy atom. The Bertz CT molecular complexity index is 681. The van der Waals surface area contributed by atoms with Crippen LogP contribution in [-0.4, -0.2) is 29.3 Å². The zero-order valence-corrected chi connectivity index (χ0v) is 15.8. The highest BCUT2D eigenvalue weighted by atomic mass is 16.2.